The van der Waals surface area contributed by atoms with Crippen LogP contribution in [-0.2, 0) is 12.8 Å². The van der Waals surface area contributed by atoms with Gasteiger partial charge < -0.3 is 9.73 Å². The molecule has 1 aliphatic carbocycles. The average molecular weight is 295 g/mol. The number of nitrogens with one attached hydrogen (secondary N) is 1. The molecular formula is C18H14FNO2. The van der Waals surface area contributed by atoms with E-state index in [-0.39, 0.29) is 11.4 Å². The molecule has 3 aromatic rings. The molecule has 0 atom stereocenters. The van der Waals surface area contributed by atoms with E-state index in [1.165, 1.54) is 12.1 Å². The van der Waals surface area contributed by atoms with Gasteiger partial charge in [0, 0.05) is 28.4 Å². The first-order valence-electron chi connectivity index (χ1n) is 7.32. The molecule has 0 fully saturated rings. The molecule has 1 aliphatic rings. The minimum atomic E-state index is -0.273. The van der Waals surface area contributed by atoms with Crippen molar-refractivity contribution in [2.75, 3.05) is 5.32 Å². The Labute approximate surface area is 126 Å². The molecule has 0 unspecified atom stereocenters. The molecule has 1 aromatic heterocycles. The molecule has 0 aliphatic heterocycles. The van der Waals surface area contributed by atoms with Crippen LogP contribution in [0.5, 0.6) is 0 Å². The summed E-state index contributed by atoms with van der Waals surface area (Å²) in [5.74, 6) is -0.273. The SMILES string of the molecule is O=c1oc2cc(Nc3ccc(F)cc3)ccc2c2c1CCC2. The highest BCUT2D eigenvalue weighted by Gasteiger charge is 2.19. The Morgan fingerprint density at radius 2 is 1.68 bits per heavy atom. The fourth-order valence-electron chi connectivity index (χ4n) is 3.06. The molecule has 0 saturated heterocycles. The summed E-state index contributed by atoms with van der Waals surface area (Å²) in [6, 6.07) is 11.9. The van der Waals surface area contributed by atoms with Crippen molar-refractivity contribution in [2.24, 2.45) is 0 Å². The van der Waals surface area contributed by atoms with E-state index in [0.29, 0.717) is 5.58 Å². The highest BCUT2D eigenvalue weighted by Crippen LogP contribution is 2.29. The summed E-state index contributed by atoms with van der Waals surface area (Å²) in [4.78, 5) is 12.0. The van der Waals surface area contributed by atoms with E-state index in [2.05, 4.69) is 5.32 Å². The quantitative estimate of drug-likeness (QED) is 0.722. The first-order chi connectivity index (χ1) is 10.7. The number of halogens is 1. The number of rotatable bonds is 2. The highest BCUT2D eigenvalue weighted by atomic mass is 19.1. The fourth-order valence-corrected chi connectivity index (χ4v) is 3.06. The van der Waals surface area contributed by atoms with E-state index in [1.54, 1.807) is 12.1 Å². The van der Waals surface area contributed by atoms with Crippen molar-refractivity contribution in [3.63, 3.8) is 0 Å². The Kier molecular flexibility index (Phi) is 2.96. The van der Waals surface area contributed by atoms with Gasteiger partial charge in [-0.1, -0.05) is 0 Å². The molecule has 0 amide bonds. The van der Waals surface area contributed by atoms with Crippen LogP contribution in [0.15, 0.2) is 51.7 Å². The Hall–Kier alpha value is -2.62. The molecule has 0 saturated carbocycles. The van der Waals surface area contributed by atoms with Crippen LogP contribution in [0.2, 0.25) is 0 Å². The normalized spacial score (nSPS) is 13.3. The van der Waals surface area contributed by atoms with Crippen LogP contribution in [-0.4, -0.2) is 0 Å². The third kappa shape index (κ3) is 2.17. The van der Waals surface area contributed by atoms with Gasteiger partial charge in [-0.15, -0.1) is 0 Å². The molecular weight excluding hydrogens is 281 g/mol. The lowest BCUT2D eigenvalue weighted by Gasteiger charge is -2.09. The minimum Gasteiger partial charge on any atom is -0.422 e. The van der Waals surface area contributed by atoms with E-state index in [4.69, 9.17) is 4.42 Å². The molecule has 0 bridgehead atoms. The highest BCUT2D eigenvalue weighted by molar-refractivity contribution is 5.85. The van der Waals surface area contributed by atoms with Crippen LogP contribution < -0.4 is 10.9 Å². The van der Waals surface area contributed by atoms with Crippen LogP contribution in [0.25, 0.3) is 11.0 Å². The van der Waals surface area contributed by atoms with Gasteiger partial charge in [0.05, 0.1) is 0 Å². The van der Waals surface area contributed by atoms with Gasteiger partial charge in [0.1, 0.15) is 11.4 Å². The van der Waals surface area contributed by atoms with Crippen LogP contribution in [0.3, 0.4) is 0 Å². The zero-order valence-electron chi connectivity index (χ0n) is 11.9. The maximum atomic E-state index is 12.9. The molecule has 110 valence electrons. The lowest BCUT2D eigenvalue weighted by Crippen LogP contribution is -2.06. The van der Waals surface area contributed by atoms with Crippen molar-refractivity contribution >= 4 is 22.3 Å². The molecule has 0 radical (unpaired) electrons. The summed E-state index contributed by atoms with van der Waals surface area (Å²) in [6.45, 7) is 0. The lowest BCUT2D eigenvalue weighted by molar-refractivity contribution is 0.552. The summed E-state index contributed by atoms with van der Waals surface area (Å²) < 4.78 is 18.4. The van der Waals surface area contributed by atoms with Gasteiger partial charge in [-0.05, 0) is 61.2 Å². The average Bonchev–Trinajstić information content (AvgIpc) is 3.00. The van der Waals surface area contributed by atoms with Gasteiger partial charge >= 0.3 is 5.63 Å². The van der Waals surface area contributed by atoms with Crippen molar-refractivity contribution in [1.82, 2.24) is 0 Å². The molecule has 2 aromatic carbocycles. The zero-order chi connectivity index (χ0) is 15.1. The largest absolute Gasteiger partial charge is 0.422 e. The predicted octanol–water partition coefficient (Wildman–Crippen LogP) is 4.16. The second kappa shape index (κ2) is 4.98. The maximum absolute atomic E-state index is 12.9. The van der Waals surface area contributed by atoms with E-state index >= 15 is 0 Å². The van der Waals surface area contributed by atoms with Gasteiger partial charge in [-0.3, -0.25) is 0 Å². The molecule has 1 N–H and O–H groups in total. The first-order valence-corrected chi connectivity index (χ1v) is 7.32. The summed E-state index contributed by atoms with van der Waals surface area (Å²) in [7, 11) is 0. The van der Waals surface area contributed by atoms with Crippen LogP contribution in [0, 0.1) is 5.82 Å². The van der Waals surface area contributed by atoms with E-state index < -0.39 is 0 Å². The fraction of sp³-hybridized carbons (Fsp3) is 0.167. The van der Waals surface area contributed by atoms with Crippen LogP contribution in [0.1, 0.15) is 17.5 Å². The molecule has 22 heavy (non-hydrogen) atoms. The summed E-state index contributed by atoms with van der Waals surface area (Å²) in [5.41, 5.74) is 3.91. The molecule has 0 spiro atoms. The van der Waals surface area contributed by atoms with E-state index in [9.17, 15) is 9.18 Å². The number of hydrogen-bond donors (Lipinski definition) is 1. The van der Waals surface area contributed by atoms with E-state index in [1.807, 2.05) is 18.2 Å². The number of benzene rings is 2. The number of hydrogen-bond acceptors (Lipinski definition) is 3. The molecule has 4 rings (SSSR count). The van der Waals surface area contributed by atoms with Gasteiger partial charge in [0.25, 0.3) is 0 Å². The third-order valence-corrected chi connectivity index (χ3v) is 4.11. The predicted molar refractivity (Wildman–Crippen MR) is 84.2 cm³/mol. The Morgan fingerprint density at radius 3 is 2.50 bits per heavy atom. The Morgan fingerprint density at radius 1 is 0.955 bits per heavy atom. The monoisotopic (exact) mass is 295 g/mol. The number of aryl methyl sites for hydroxylation is 1. The molecule has 3 nitrogen and oxygen atoms in total. The summed E-state index contributed by atoms with van der Waals surface area (Å²) in [6.07, 6.45) is 2.75. The van der Waals surface area contributed by atoms with Gasteiger partial charge in [0.2, 0.25) is 0 Å². The number of fused-ring (bicyclic) bond motifs is 3. The number of anilines is 2. The third-order valence-electron chi connectivity index (χ3n) is 4.11. The lowest BCUT2D eigenvalue weighted by atomic mass is 10.1. The van der Waals surface area contributed by atoms with Gasteiger partial charge in [-0.2, -0.15) is 0 Å². The topological polar surface area (TPSA) is 42.2 Å². The van der Waals surface area contributed by atoms with Crippen molar-refractivity contribution in [1.29, 1.82) is 0 Å². The van der Waals surface area contributed by atoms with Crippen molar-refractivity contribution in [3.05, 3.63) is 69.8 Å². The van der Waals surface area contributed by atoms with Gasteiger partial charge in [0.15, 0.2) is 0 Å². The Balaban J connectivity index is 1.76. The standard InChI is InChI=1S/C18H14FNO2/c19-11-4-6-12(7-5-11)20-13-8-9-15-14-2-1-3-16(14)18(21)22-17(15)10-13/h4-10,20H,1-3H2. The minimum absolute atomic E-state index is 0.223. The van der Waals surface area contributed by atoms with Crippen molar-refractivity contribution < 1.29 is 8.81 Å². The summed E-state index contributed by atoms with van der Waals surface area (Å²) >= 11 is 0. The van der Waals surface area contributed by atoms with E-state index in [0.717, 1.165) is 47.2 Å². The first kappa shape index (κ1) is 13.1. The van der Waals surface area contributed by atoms with Gasteiger partial charge in [-0.25, -0.2) is 9.18 Å². The van der Waals surface area contributed by atoms with Crippen LogP contribution >= 0.6 is 0 Å². The van der Waals surface area contributed by atoms with Crippen molar-refractivity contribution in [3.8, 4) is 0 Å². The maximum Gasteiger partial charge on any atom is 0.339 e. The van der Waals surface area contributed by atoms with Crippen LogP contribution in [0.4, 0.5) is 15.8 Å². The molecule has 1 heterocycles. The zero-order valence-corrected chi connectivity index (χ0v) is 11.9. The second-order valence-corrected chi connectivity index (χ2v) is 5.54. The molecule has 4 heteroatoms. The Bertz CT molecular complexity index is 913. The second-order valence-electron chi connectivity index (χ2n) is 5.54. The van der Waals surface area contributed by atoms with Crippen molar-refractivity contribution in [2.45, 2.75) is 19.3 Å². The summed E-state index contributed by atoms with van der Waals surface area (Å²) in [5, 5.41) is 4.19. The smallest absolute Gasteiger partial charge is 0.339 e.